The summed E-state index contributed by atoms with van der Waals surface area (Å²) in [7, 11) is 3.19. The van der Waals surface area contributed by atoms with Crippen LogP contribution in [0.2, 0.25) is 0 Å². The van der Waals surface area contributed by atoms with Crippen LogP contribution in [0.25, 0.3) is 10.9 Å². The van der Waals surface area contributed by atoms with Crippen LogP contribution >= 0.6 is 0 Å². The summed E-state index contributed by atoms with van der Waals surface area (Å²) >= 11 is 0. The monoisotopic (exact) mass is 438 g/mol. The smallest absolute Gasteiger partial charge is 0.335 e. The molecule has 0 aliphatic carbocycles. The molecule has 2 aromatic carbocycles. The number of carbonyl (C=O) groups excluding carboxylic acids is 1. The summed E-state index contributed by atoms with van der Waals surface area (Å²) in [5, 5.41) is 0.545. The Balaban J connectivity index is 1.62. The Morgan fingerprint density at radius 1 is 1.03 bits per heavy atom. The van der Waals surface area contributed by atoms with Crippen LogP contribution in [0.4, 0.5) is 0 Å². The molecule has 3 rings (SSSR count). The number of nitrogens with zero attached hydrogens (tertiary/aromatic N) is 2. The zero-order valence-corrected chi connectivity index (χ0v) is 18.9. The fourth-order valence-electron chi connectivity index (χ4n) is 3.72. The number of aromatic nitrogens is 2. The molecule has 170 valence electrons. The lowest BCUT2D eigenvalue weighted by atomic mass is 10.0. The molecule has 7 heteroatoms. The van der Waals surface area contributed by atoms with Crippen molar-refractivity contribution in [1.29, 1.82) is 0 Å². The maximum absolute atomic E-state index is 12.7. The van der Waals surface area contributed by atoms with E-state index in [1.54, 1.807) is 25.2 Å². The topological polar surface area (TPSA) is 79.5 Å². The maximum Gasteiger partial charge on any atom is 0.335 e. The summed E-state index contributed by atoms with van der Waals surface area (Å²) in [4.78, 5) is 37.4. The van der Waals surface area contributed by atoms with Gasteiger partial charge in [-0.1, -0.05) is 43.3 Å². The van der Waals surface area contributed by atoms with E-state index in [2.05, 4.69) is 0 Å². The van der Waals surface area contributed by atoms with E-state index in [4.69, 9.17) is 9.47 Å². The van der Waals surface area contributed by atoms with Crippen LogP contribution in [0.5, 0.6) is 0 Å². The summed E-state index contributed by atoms with van der Waals surface area (Å²) in [6, 6.07) is 15.1. The minimum atomic E-state index is -0.622. The Morgan fingerprint density at radius 2 is 1.72 bits per heavy atom. The molecule has 0 bridgehead atoms. The van der Waals surface area contributed by atoms with Crippen molar-refractivity contribution in [3.05, 3.63) is 80.5 Å². The number of aryl methyl sites for hydroxylation is 2. The van der Waals surface area contributed by atoms with Gasteiger partial charge in [0, 0.05) is 27.1 Å². The average Bonchev–Trinajstić information content (AvgIpc) is 2.82. The fraction of sp³-hybridized carbons (Fsp3) is 0.400. The van der Waals surface area contributed by atoms with E-state index in [0.29, 0.717) is 36.9 Å². The highest BCUT2D eigenvalue weighted by Crippen LogP contribution is 2.12. The van der Waals surface area contributed by atoms with Crippen LogP contribution < -0.4 is 11.2 Å². The van der Waals surface area contributed by atoms with Crippen molar-refractivity contribution in [2.24, 2.45) is 7.05 Å². The van der Waals surface area contributed by atoms with Crippen LogP contribution in [0, 0.1) is 0 Å². The van der Waals surface area contributed by atoms with Gasteiger partial charge in [-0.15, -0.1) is 0 Å². The van der Waals surface area contributed by atoms with E-state index < -0.39 is 6.10 Å². The molecule has 0 saturated heterocycles. The minimum absolute atomic E-state index is 0.250. The molecule has 0 radical (unpaired) electrons. The van der Waals surface area contributed by atoms with Crippen molar-refractivity contribution < 1.29 is 14.3 Å². The molecule has 1 unspecified atom stereocenters. The SMILES string of the molecule is CCCOC(=O)C(Cc1ccc(CCCn2c(=O)c3ccccc3n(C)c2=O)cc1)OC. The highest BCUT2D eigenvalue weighted by molar-refractivity contribution is 5.77. The van der Waals surface area contributed by atoms with Gasteiger partial charge in [0.2, 0.25) is 0 Å². The first kappa shape index (κ1) is 23.5. The van der Waals surface area contributed by atoms with Gasteiger partial charge in [0.05, 0.1) is 17.5 Å². The number of esters is 1. The van der Waals surface area contributed by atoms with Gasteiger partial charge in [-0.05, 0) is 42.5 Å². The molecule has 0 saturated carbocycles. The number of fused-ring (bicyclic) bond motifs is 1. The Labute approximate surface area is 187 Å². The number of ether oxygens (including phenoxy) is 2. The van der Waals surface area contributed by atoms with E-state index in [1.807, 2.05) is 37.3 Å². The molecule has 0 amide bonds. The second-order valence-corrected chi connectivity index (χ2v) is 7.83. The average molecular weight is 439 g/mol. The van der Waals surface area contributed by atoms with Gasteiger partial charge in [-0.25, -0.2) is 9.59 Å². The largest absolute Gasteiger partial charge is 0.464 e. The van der Waals surface area contributed by atoms with Crippen LogP contribution in [-0.4, -0.2) is 34.9 Å². The summed E-state index contributed by atoms with van der Waals surface area (Å²) in [5.74, 6) is -0.346. The van der Waals surface area contributed by atoms with Crippen molar-refractivity contribution in [2.45, 2.75) is 45.3 Å². The van der Waals surface area contributed by atoms with Gasteiger partial charge in [-0.3, -0.25) is 13.9 Å². The number of benzene rings is 2. The maximum atomic E-state index is 12.7. The summed E-state index contributed by atoms with van der Waals surface area (Å²) in [5.41, 5.74) is 2.17. The van der Waals surface area contributed by atoms with Crippen LogP contribution in [0.15, 0.2) is 58.1 Å². The Morgan fingerprint density at radius 3 is 2.41 bits per heavy atom. The number of rotatable bonds is 10. The molecule has 0 N–H and O–H groups in total. The van der Waals surface area contributed by atoms with Gasteiger partial charge in [0.15, 0.2) is 6.10 Å². The third kappa shape index (κ3) is 5.34. The van der Waals surface area contributed by atoms with Crippen molar-refractivity contribution in [1.82, 2.24) is 9.13 Å². The first-order valence-electron chi connectivity index (χ1n) is 10.9. The molecule has 0 spiro atoms. The summed E-state index contributed by atoms with van der Waals surface area (Å²) in [6.45, 7) is 2.69. The van der Waals surface area contributed by atoms with E-state index in [9.17, 15) is 14.4 Å². The second kappa shape index (κ2) is 10.9. The fourth-order valence-corrected chi connectivity index (χ4v) is 3.72. The standard InChI is InChI=1S/C25H30N2O5/c1-4-16-32-24(29)22(31-3)17-19-13-11-18(12-14-19)8-7-15-27-23(28)20-9-5-6-10-21(20)26(2)25(27)30/h5-6,9-14,22H,4,7-8,15-17H2,1-3H3. The Bertz CT molecular complexity index is 1180. The molecule has 3 aromatic rings. The van der Waals surface area contributed by atoms with Crippen molar-refractivity contribution in [2.75, 3.05) is 13.7 Å². The lowest BCUT2D eigenvalue weighted by molar-refractivity contribution is -0.155. The number of carbonyl (C=O) groups is 1. The Kier molecular flexibility index (Phi) is 8.00. The van der Waals surface area contributed by atoms with Gasteiger partial charge in [0.25, 0.3) is 5.56 Å². The lowest BCUT2D eigenvalue weighted by Gasteiger charge is -2.14. The number of hydrogen-bond donors (Lipinski definition) is 0. The molecule has 0 fully saturated rings. The molecule has 1 heterocycles. The van der Waals surface area contributed by atoms with Gasteiger partial charge >= 0.3 is 11.7 Å². The van der Waals surface area contributed by atoms with Gasteiger partial charge < -0.3 is 9.47 Å². The number of hydrogen-bond acceptors (Lipinski definition) is 5. The van der Waals surface area contributed by atoms with E-state index in [-0.39, 0.29) is 17.2 Å². The first-order valence-corrected chi connectivity index (χ1v) is 10.9. The molecule has 0 aliphatic rings. The predicted molar refractivity (Wildman–Crippen MR) is 124 cm³/mol. The van der Waals surface area contributed by atoms with E-state index in [1.165, 1.54) is 16.2 Å². The van der Waals surface area contributed by atoms with Gasteiger partial charge in [0.1, 0.15) is 0 Å². The molecule has 1 aromatic heterocycles. The van der Waals surface area contributed by atoms with Gasteiger partial charge in [-0.2, -0.15) is 0 Å². The summed E-state index contributed by atoms with van der Waals surface area (Å²) in [6.07, 6.45) is 1.99. The normalized spacial score (nSPS) is 12.1. The first-order chi connectivity index (χ1) is 15.5. The quantitative estimate of drug-likeness (QED) is 0.455. The highest BCUT2D eigenvalue weighted by Gasteiger charge is 2.19. The second-order valence-electron chi connectivity index (χ2n) is 7.83. The molecule has 0 aliphatic heterocycles. The van der Waals surface area contributed by atoms with Crippen LogP contribution in [0.3, 0.4) is 0 Å². The minimum Gasteiger partial charge on any atom is -0.464 e. The molecular weight excluding hydrogens is 408 g/mol. The lowest BCUT2D eigenvalue weighted by Crippen LogP contribution is -2.39. The van der Waals surface area contributed by atoms with Crippen LogP contribution in [0.1, 0.15) is 30.9 Å². The van der Waals surface area contributed by atoms with Crippen molar-refractivity contribution >= 4 is 16.9 Å². The molecule has 1 atom stereocenters. The third-order valence-corrected chi connectivity index (χ3v) is 5.55. The zero-order chi connectivity index (χ0) is 23.1. The van der Waals surface area contributed by atoms with Crippen molar-refractivity contribution in [3.63, 3.8) is 0 Å². The molecule has 32 heavy (non-hydrogen) atoms. The van der Waals surface area contributed by atoms with E-state index >= 15 is 0 Å². The van der Waals surface area contributed by atoms with Crippen molar-refractivity contribution in [3.8, 4) is 0 Å². The van der Waals surface area contributed by atoms with Crippen LogP contribution in [-0.2, 0) is 40.7 Å². The number of para-hydroxylation sites is 1. The summed E-state index contributed by atoms with van der Waals surface area (Å²) < 4.78 is 13.3. The Hall–Kier alpha value is -3.19. The third-order valence-electron chi connectivity index (χ3n) is 5.55. The molecular formula is C25H30N2O5. The predicted octanol–water partition coefficient (Wildman–Crippen LogP) is 2.84. The highest BCUT2D eigenvalue weighted by atomic mass is 16.6. The number of methoxy groups -OCH3 is 1. The zero-order valence-electron chi connectivity index (χ0n) is 18.9. The van der Waals surface area contributed by atoms with E-state index in [0.717, 1.165) is 24.0 Å². The molecule has 7 nitrogen and oxygen atoms in total.